The van der Waals surface area contributed by atoms with Gasteiger partial charge in [-0.25, -0.2) is 4.39 Å². The number of hydrogen-bond donors (Lipinski definition) is 1. The second-order valence-corrected chi connectivity index (χ2v) is 8.35. The van der Waals surface area contributed by atoms with Crippen LogP contribution in [0.3, 0.4) is 0 Å². The normalized spacial score (nSPS) is 23.1. The zero-order chi connectivity index (χ0) is 18.5. The highest BCUT2D eigenvalue weighted by Crippen LogP contribution is 2.50. The Morgan fingerprint density at radius 1 is 1.19 bits per heavy atom. The third-order valence-electron chi connectivity index (χ3n) is 5.50. The van der Waals surface area contributed by atoms with Crippen LogP contribution in [0, 0.1) is 5.82 Å². The van der Waals surface area contributed by atoms with E-state index in [9.17, 15) is 4.39 Å². The second kappa shape index (κ2) is 6.27. The molecule has 4 rings (SSSR count). The van der Waals surface area contributed by atoms with Crippen molar-refractivity contribution in [3.05, 3.63) is 59.4 Å². The van der Waals surface area contributed by atoms with Crippen LogP contribution in [0.15, 0.2) is 42.5 Å². The lowest BCUT2D eigenvalue weighted by Gasteiger charge is -2.32. The third kappa shape index (κ3) is 2.77. The van der Waals surface area contributed by atoms with Gasteiger partial charge >= 0.3 is 0 Å². The highest BCUT2D eigenvalue weighted by Gasteiger charge is 2.46. The number of halogens is 1. The molecule has 0 amide bonds. The van der Waals surface area contributed by atoms with Crippen molar-refractivity contribution >= 4 is 5.69 Å². The van der Waals surface area contributed by atoms with Crippen LogP contribution < -0.4 is 15.0 Å². The molecule has 0 aliphatic carbocycles. The van der Waals surface area contributed by atoms with Crippen molar-refractivity contribution in [3.8, 4) is 5.75 Å². The molecule has 4 heteroatoms. The minimum absolute atomic E-state index is 0.00914. The number of fused-ring (bicyclic) bond motifs is 2. The molecule has 1 N–H and O–H groups in total. The van der Waals surface area contributed by atoms with E-state index in [1.54, 1.807) is 6.07 Å². The molecule has 2 unspecified atom stereocenters. The van der Waals surface area contributed by atoms with E-state index in [0.29, 0.717) is 6.04 Å². The lowest BCUT2D eigenvalue weighted by molar-refractivity contribution is 0.193. The van der Waals surface area contributed by atoms with Gasteiger partial charge in [0.1, 0.15) is 17.7 Å². The molecule has 3 nitrogen and oxygen atoms in total. The molecular formula is C22H27FN2O. The number of nitrogens with zero attached hydrogens (tertiary/aromatic N) is 1. The van der Waals surface area contributed by atoms with Crippen LogP contribution in [0.25, 0.3) is 0 Å². The van der Waals surface area contributed by atoms with Crippen molar-refractivity contribution in [1.82, 2.24) is 5.32 Å². The van der Waals surface area contributed by atoms with Gasteiger partial charge in [0.05, 0.1) is 11.7 Å². The summed E-state index contributed by atoms with van der Waals surface area (Å²) in [6, 6.07) is 14.0. The van der Waals surface area contributed by atoms with E-state index in [1.807, 2.05) is 24.3 Å². The first kappa shape index (κ1) is 17.3. The molecule has 2 heterocycles. The maximum absolute atomic E-state index is 14.9. The van der Waals surface area contributed by atoms with E-state index in [2.05, 4.69) is 50.0 Å². The van der Waals surface area contributed by atoms with E-state index < -0.39 is 0 Å². The smallest absolute Gasteiger partial charge is 0.146 e. The first-order valence-corrected chi connectivity index (χ1v) is 9.43. The highest BCUT2D eigenvalue weighted by atomic mass is 19.1. The number of ether oxygens (including phenoxy) is 1. The number of para-hydroxylation sites is 2. The van der Waals surface area contributed by atoms with Crippen LogP contribution in [0.1, 0.15) is 44.9 Å². The van der Waals surface area contributed by atoms with Gasteiger partial charge in [0, 0.05) is 30.1 Å². The van der Waals surface area contributed by atoms with Gasteiger partial charge in [0.25, 0.3) is 0 Å². The van der Waals surface area contributed by atoms with E-state index >= 15 is 0 Å². The molecule has 0 fully saturated rings. The standard InChI is InChI=1S/C22H27FN2O/c1-14(2)24-12-19-20(15-8-5-6-11-18(15)26-19)25-13-22(3,4)16-9-7-10-17(23)21(16)25/h5-11,14,19-20,24H,12-13H2,1-4H3. The Bertz CT molecular complexity index is 818. The quantitative estimate of drug-likeness (QED) is 0.879. The summed E-state index contributed by atoms with van der Waals surface area (Å²) < 4.78 is 21.1. The van der Waals surface area contributed by atoms with Crippen LogP contribution in [0.4, 0.5) is 10.1 Å². The summed E-state index contributed by atoms with van der Waals surface area (Å²) in [4.78, 5) is 2.23. The summed E-state index contributed by atoms with van der Waals surface area (Å²) in [5, 5.41) is 3.49. The molecule has 0 saturated heterocycles. The number of rotatable bonds is 4. The summed E-state index contributed by atoms with van der Waals surface area (Å²) in [6.45, 7) is 10.2. The fourth-order valence-corrected chi connectivity index (χ4v) is 4.31. The van der Waals surface area contributed by atoms with Crippen LogP contribution in [-0.2, 0) is 5.41 Å². The van der Waals surface area contributed by atoms with Gasteiger partial charge in [-0.05, 0) is 17.7 Å². The second-order valence-electron chi connectivity index (χ2n) is 8.35. The van der Waals surface area contributed by atoms with Gasteiger partial charge in [-0.3, -0.25) is 0 Å². The van der Waals surface area contributed by atoms with Crippen molar-refractivity contribution < 1.29 is 9.13 Å². The van der Waals surface area contributed by atoms with E-state index in [0.717, 1.165) is 35.7 Å². The summed E-state index contributed by atoms with van der Waals surface area (Å²) in [6.07, 6.45) is -0.0452. The average molecular weight is 354 g/mol. The molecule has 138 valence electrons. The summed E-state index contributed by atoms with van der Waals surface area (Å²) in [7, 11) is 0. The predicted octanol–water partition coefficient (Wildman–Crippen LogP) is 4.42. The SMILES string of the molecule is CC(C)NCC1Oc2ccccc2C1N1CC(C)(C)c2cccc(F)c21. The number of nitrogens with one attached hydrogen (secondary N) is 1. The molecule has 2 aliphatic rings. The molecule has 0 saturated carbocycles. The Labute approximate surface area is 155 Å². The number of hydrogen-bond acceptors (Lipinski definition) is 3. The Morgan fingerprint density at radius 3 is 2.73 bits per heavy atom. The van der Waals surface area contributed by atoms with Gasteiger partial charge in [-0.2, -0.15) is 0 Å². The molecule has 26 heavy (non-hydrogen) atoms. The number of anilines is 1. The fourth-order valence-electron chi connectivity index (χ4n) is 4.31. The van der Waals surface area contributed by atoms with Crippen molar-refractivity contribution in [2.75, 3.05) is 18.0 Å². The monoisotopic (exact) mass is 354 g/mol. The maximum atomic E-state index is 14.9. The van der Waals surface area contributed by atoms with Gasteiger partial charge in [-0.1, -0.05) is 58.0 Å². The largest absolute Gasteiger partial charge is 0.486 e. The average Bonchev–Trinajstić information content (AvgIpc) is 3.08. The molecular weight excluding hydrogens is 327 g/mol. The molecule has 2 aliphatic heterocycles. The Hall–Kier alpha value is -2.07. The van der Waals surface area contributed by atoms with E-state index in [-0.39, 0.29) is 23.4 Å². The maximum Gasteiger partial charge on any atom is 0.146 e. The molecule has 0 aromatic heterocycles. The van der Waals surface area contributed by atoms with Gasteiger partial charge in [0.15, 0.2) is 0 Å². The molecule has 0 bridgehead atoms. The molecule has 2 atom stereocenters. The van der Waals surface area contributed by atoms with E-state index in [4.69, 9.17) is 4.74 Å². The Morgan fingerprint density at radius 2 is 1.96 bits per heavy atom. The van der Waals surface area contributed by atoms with E-state index in [1.165, 1.54) is 0 Å². The molecule has 0 radical (unpaired) electrons. The first-order chi connectivity index (χ1) is 12.4. The van der Waals surface area contributed by atoms with Crippen molar-refractivity contribution in [2.45, 2.75) is 51.3 Å². The highest BCUT2D eigenvalue weighted by molar-refractivity contribution is 5.65. The first-order valence-electron chi connectivity index (χ1n) is 9.43. The zero-order valence-corrected chi connectivity index (χ0v) is 15.9. The van der Waals surface area contributed by atoms with Crippen LogP contribution in [0.2, 0.25) is 0 Å². The molecule has 2 aromatic rings. The van der Waals surface area contributed by atoms with Crippen LogP contribution in [0.5, 0.6) is 5.75 Å². The predicted molar refractivity (Wildman–Crippen MR) is 104 cm³/mol. The van der Waals surface area contributed by atoms with Crippen molar-refractivity contribution in [2.24, 2.45) is 0 Å². The van der Waals surface area contributed by atoms with Crippen LogP contribution in [-0.4, -0.2) is 25.2 Å². The van der Waals surface area contributed by atoms with Crippen molar-refractivity contribution in [3.63, 3.8) is 0 Å². The van der Waals surface area contributed by atoms with Crippen LogP contribution >= 0.6 is 0 Å². The fraction of sp³-hybridized carbons (Fsp3) is 0.455. The lowest BCUT2D eigenvalue weighted by atomic mass is 9.87. The van der Waals surface area contributed by atoms with Gasteiger partial charge in [0.2, 0.25) is 0 Å². The third-order valence-corrected chi connectivity index (χ3v) is 5.50. The Kier molecular flexibility index (Phi) is 4.19. The molecule has 0 spiro atoms. The summed E-state index contributed by atoms with van der Waals surface area (Å²) in [5.74, 6) is 0.767. The summed E-state index contributed by atoms with van der Waals surface area (Å²) in [5.41, 5.74) is 2.87. The van der Waals surface area contributed by atoms with Gasteiger partial charge < -0.3 is 15.0 Å². The van der Waals surface area contributed by atoms with Crippen molar-refractivity contribution in [1.29, 1.82) is 0 Å². The Balaban J connectivity index is 1.77. The minimum Gasteiger partial charge on any atom is -0.486 e. The number of benzene rings is 2. The molecule has 2 aromatic carbocycles. The lowest BCUT2D eigenvalue weighted by Crippen LogP contribution is -2.43. The topological polar surface area (TPSA) is 24.5 Å². The minimum atomic E-state index is -0.145. The zero-order valence-electron chi connectivity index (χ0n) is 15.9. The summed E-state index contributed by atoms with van der Waals surface area (Å²) >= 11 is 0. The van der Waals surface area contributed by atoms with Gasteiger partial charge in [-0.15, -0.1) is 0 Å².